The fourth-order valence-corrected chi connectivity index (χ4v) is 3.23. The second kappa shape index (κ2) is 7.06. The summed E-state index contributed by atoms with van der Waals surface area (Å²) >= 11 is 2.99. The number of halogens is 2. The third-order valence-electron chi connectivity index (χ3n) is 3.91. The zero-order chi connectivity index (χ0) is 19.0. The number of benzene rings is 1. The van der Waals surface area contributed by atoms with Crippen molar-refractivity contribution < 1.29 is 23.1 Å². The average molecular weight is 401 g/mol. The molecule has 1 atom stereocenters. The quantitative estimate of drug-likeness (QED) is 0.748. The summed E-state index contributed by atoms with van der Waals surface area (Å²) in [6.07, 6.45) is 1.16. The minimum absolute atomic E-state index is 0.0762. The van der Waals surface area contributed by atoms with Crippen LogP contribution in [0.25, 0.3) is 0 Å². The Balaban J connectivity index is 1.92. The van der Waals surface area contributed by atoms with Gasteiger partial charge in [-0.1, -0.05) is 17.7 Å². The Kier molecular flexibility index (Phi) is 4.99. The molecule has 0 bridgehead atoms. The van der Waals surface area contributed by atoms with Crippen LogP contribution in [0.2, 0.25) is 5.02 Å². The molecule has 0 fully saturated rings. The number of nitrogens with zero attached hydrogens (tertiary/aromatic N) is 2. The predicted octanol–water partition coefficient (Wildman–Crippen LogP) is 1.21. The first kappa shape index (κ1) is 18.4. The Morgan fingerprint density at radius 3 is 2.73 bits per heavy atom. The predicted molar refractivity (Wildman–Crippen MR) is 91.1 cm³/mol. The van der Waals surface area contributed by atoms with E-state index in [0.717, 1.165) is 6.20 Å². The lowest BCUT2D eigenvalue weighted by Gasteiger charge is -2.30. The van der Waals surface area contributed by atoms with E-state index in [0.29, 0.717) is 5.56 Å². The zero-order valence-electron chi connectivity index (χ0n) is 13.1. The largest absolute Gasteiger partial charge is 0.755 e. The Morgan fingerprint density at radius 2 is 2.08 bits per heavy atom. The van der Waals surface area contributed by atoms with Gasteiger partial charge in [-0.3, -0.25) is 13.8 Å². The van der Waals surface area contributed by atoms with Crippen molar-refractivity contribution in [2.75, 3.05) is 11.3 Å². The molecule has 2 N–H and O–H groups in total. The molecular weight excluding hydrogens is 389 g/mol. The molecule has 0 spiro atoms. The number of anilines is 1. The van der Waals surface area contributed by atoms with Gasteiger partial charge in [0.25, 0.3) is 5.91 Å². The van der Waals surface area contributed by atoms with Crippen molar-refractivity contribution in [3.8, 4) is 5.75 Å². The van der Waals surface area contributed by atoms with Crippen LogP contribution in [0.3, 0.4) is 0 Å². The monoisotopic (exact) mass is 400 g/mol. The van der Waals surface area contributed by atoms with E-state index in [1.807, 2.05) is 4.72 Å². The highest BCUT2D eigenvalue weighted by molar-refractivity contribution is 7.80. The van der Waals surface area contributed by atoms with E-state index < -0.39 is 34.2 Å². The lowest BCUT2D eigenvalue weighted by atomic mass is 10.1. The summed E-state index contributed by atoms with van der Waals surface area (Å²) in [7, 11) is 0. The van der Waals surface area contributed by atoms with Crippen LogP contribution < -0.4 is 10.2 Å². The van der Waals surface area contributed by atoms with Gasteiger partial charge in [0.15, 0.2) is 11.4 Å². The van der Waals surface area contributed by atoms with Gasteiger partial charge in [-0.25, -0.2) is 4.39 Å². The van der Waals surface area contributed by atoms with Crippen LogP contribution in [0.15, 0.2) is 29.2 Å². The number of fused-ring (bicyclic) bond motifs is 1. The fraction of sp³-hybridized carbons (Fsp3) is 0.200. The standard InChI is InChI=1S/C15H13ClFN3O5S/c16-9-5-8(1-2-10(9)17)6-20-4-3-19-7-11(18-26(24)25)13(21)14(22)12(19)15(20)23/h1-2,5,7,18,22H,3-4,6H2,(H,24,25)/p-1. The van der Waals surface area contributed by atoms with Crippen molar-refractivity contribution in [1.82, 2.24) is 9.47 Å². The molecule has 1 unspecified atom stereocenters. The van der Waals surface area contributed by atoms with Gasteiger partial charge >= 0.3 is 0 Å². The molecule has 3 rings (SSSR count). The SMILES string of the molecule is O=C1c2c(O)c(=O)c(NS(=O)[O-])cn2CCN1Cc1ccc(F)c(Cl)c1. The van der Waals surface area contributed by atoms with Gasteiger partial charge in [-0.15, -0.1) is 0 Å². The number of nitrogens with one attached hydrogen (secondary N) is 1. The maximum Gasteiger partial charge on any atom is 0.274 e. The van der Waals surface area contributed by atoms with Crippen LogP contribution in [-0.4, -0.2) is 35.8 Å². The van der Waals surface area contributed by atoms with E-state index in [4.69, 9.17) is 11.6 Å². The van der Waals surface area contributed by atoms with Gasteiger partial charge in [-0.05, 0) is 17.7 Å². The molecule has 2 aromatic rings. The third kappa shape index (κ3) is 3.43. The van der Waals surface area contributed by atoms with Crippen LogP contribution in [0, 0.1) is 5.82 Å². The van der Waals surface area contributed by atoms with Crippen molar-refractivity contribution in [3.63, 3.8) is 0 Å². The van der Waals surface area contributed by atoms with Gasteiger partial charge in [0, 0.05) is 37.1 Å². The molecule has 1 aromatic heterocycles. The van der Waals surface area contributed by atoms with Gasteiger partial charge in [0.2, 0.25) is 5.43 Å². The van der Waals surface area contributed by atoms with Gasteiger partial charge in [0.05, 0.1) is 5.02 Å². The Hall–Kier alpha value is -2.43. The molecule has 0 radical (unpaired) electrons. The van der Waals surface area contributed by atoms with Crippen LogP contribution in [0.5, 0.6) is 5.75 Å². The van der Waals surface area contributed by atoms with Gasteiger partial charge < -0.3 is 23.8 Å². The molecule has 2 heterocycles. The molecule has 0 saturated heterocycles. The Labute approximate surface area is 154 Å². The van der Waals surface area contributed by atoms with Crippen LogP contribution in [-0.2, 0) is 24.4 Å². The molecular formula is C15H12ClFN3O5S-. The van der Waals surface area contributed by atoms with Gasteiger partial charge in [-0.2, -0.15) is 0 Å². The van der Waals surface area contributed by atoms with Crippen LogP contribution in [0.1, 0.15) is 16.1 Å². The number of aromatic hydroxyl groups is 1. The summed E-state index contributed by atoms with van der Waals surface area (Å²) in [6.45, 7) is 0.574. The van der Waals surface area contributed by atoms with Crippen LogP contribution >= 0.6 is 11.6 Å². The van der Waals surface area contributed by atoms with Crippen molar-refractivity contribution in [2.45, 2.75) is 13.1 Å². The molecule has 1 aromatic carbocycles. The average Bonchev–Trinajstić information content (AvgIpc) is 2.57. The fourth-order valence-electron chi connectivity index (χ4n) is 2.70. The van der Waals surface area contributed by atoms with Crippen molar-refractivity contribution in [1.29, 1.82) is 0 Å². The molecule has 8 nitrogen and oxygen atoms in total. The molecule has 0 saturated carbocycles. The number of aromatic nitrogens is 1. The van der Waals surface area contributed by atoms with Gasteiger partial charge in [0.1, 0.15) is 11.5 Å². The maximum absolute atomic E-state index is 13.2. The Bertz CT molecular complexity index is 980. The second-order valence-electron chi connectivity index (χ2n) is 5.57. The number of carbonyl (C=O) groups is 1. The highest BCUT2D eigenvalue weighted by Gasteiger charge is 2.29. The lowest BCUT2D eigenvalue weighted by molar-refractivity contribution is 0.0683. The van der Waals surface area contributed by atoms with E-state index in [-0.39, 0.29) is 36.0 Å². The third-order valence-corrected chi connectivity index (χ3v) is 4.58. The minimum Gasteiger partial charge on any atom is -0.755 e. The summed E-state index contributed by atoms with van der Waals surface area (Å²) in [4.78, 5) is 26.0. The highest BCUT2D eigenvalue weighted by atomic mass is 35.5. The van der Waals surface area contributed by atoms with Crippen LogP contribution in [0.4, 0.5) is 10.1 Å². The van der Waals surface area contributed by atoms with E-state index in [1.165, 1.54) is 27.7 Å². The number of hydrogen-bond acceptors (Lipinski definition) is 5. The molecule has 1 aliphatic rings. The summed E-state index contributed by atoms with van der Waals surface area (Å²) in [5, 5.41) is 10.0. The molecule has 0 aliphatic carbocycles. The number of hydrogen-bond donors (Lipinski definition) is 2. The molecule has 11 heteroatoms. The number of pyridine rings is 1. The smallest absolute Gasteiger partial charge is 0.274 e. The molecule has 1 amide bonds. The molecule has 26 heavy (non-hydrogen) atoms. The second-order valence-corrected chi connectivity index (χ2v) is 6.66. The minimum atomic E-state index is -2.75. The maximum atomic E-state index is 13.2. The van der Waals surface area contributed by atoms with Crippen molar-refractivity contribution in [2.24, 2.45) is 0 Å². The van der Waals surface area contributed by atoms with E-state index in [1.54, 1.807) is 0 Å². The first-order valence-corrected chi connectivity index (χ1v) is 8.78. The van der Waals surface area contributed by atoms with E-state index >= 15 is 0 Å². The summed E-state index contributed by atoms with van der Waals surface area (Å²) in [6, 6.07) is 4.05. The summed E-state index contributed by atoms with van der Waals surface area (Å²) in [5.74, 6) is -2.03. The normalized spacial score (nSPS) is 14.9. The topological polar surface area (TPSA) is 115 Å². The zero-order valence-corrected chi connectivity index (χ0v) is 14.6. The highest BCUT2D eigenvalue weighted by Crippen LogP contribution is 2.24. The number of carbonyl (C=O) groups excluding carboxylic acids is 1. The van der Waals surface area contributed by atoms with E-state index in [2.05, 4.69) is 0 Å². The number of amides is 1. The first-order chi connectivity index (χ1) is 12.3. The summed E-state index contributed by atoms with van der Waals surface area (Å²) in [5.41, 5.74) is -1.01. The van der Waals surface area contributed by atoms with Crippen molar-refractivity contribution in [3.05, 3.63) is 56.7 Å². The first-order valence-electron chi connectivity index (χ1n) is 7.33. The van der Waals surface area contributed by atoms with E-state index in [9.17, 15) is 27.8 Å². The summed E-state index contributed by atoms with van der Waals surface area (Å²) < 4.78 is 37.9. The van der Waals surface area contributed by atoms with Crippen molar-refractivity contribution >= 4 is 34.5 Å². The molecule has 1 aliphatic heterocycles. The molecule has 138 valence electrons. The number of rotatable bonds is 4. The Morgan fingerprint density at radius 1 is 1.35 bits per heavy atom. The lowest BCUT2D eigenvalue weighted by Crippen LogP contribution is -2.41.